The molecule has 114 valence electrons. The molecule has 1 spiro atoms. The topological polar surface area (TPSA) is 49.8 Å². The summed E-state index contributed by atoms with van der Waals surface area (Å²) in [7, 11) is 1.79. The second-order valence-electron chi connectivity index (χ2n) is 6.36. The number of nitrogens with zero attached hydrogens (tertiary/aromatic N) is 1. The first-order chi connectivity index (χ1) is 10.1. The number of likely N-dealkylation sites (tertiary alicyclic amines) is 1. The summed E-state index contributed by atoms with van der Waals surface area (Å²) in [5, 5.41) is 9.55. The number of piperidine rings is 1. The van der Waals surface area contributed by atoms with E-state index in [1.807, 2.05) is 4.90 Å². The molecular weight excluding hydrogens is 266 g/mol. The first-order valence-electron chi connectivity index (χ1n) is 7.76. The van der Waals surface area contributed by atoms with E-state index in [-0.39, 0.29) is 23.2 Å². The van der Waals surface area contributed by atoms with Crippen LogP contribution in [0.5, 0.6) is 5.75 Å². The molecule has 1 saturated carbocycles. The van der Waals surface area contributed by atoms with E-state index in [2.05, 4.69) is 0 Å². The number of carbonyl (C=O) groups excluding carboxylic acids is 1. The molecule has 1 aromatic rings. The Morgan fingerprint density at radius 2 is 2.19 bits per heavy atom. The van der Waals surface area contributed by atoms with Gasteiger partial charge in [0, 0.05) is 31.2 Å². The molecule has 0 radical (unpaired) electrons. The molecule has 2 aliphatic rings. The van der Waals surface area contributed by atoms with E-state index >= 15 is 0 Å². The van der Waals surface area contributed by atoms with Crippen LogP contribution >= 0.6 is 0 Å². The molecule has 1 aromatic carbocycles. The van der Waals surface area contributed by atoms with Crippen LogP contribution in [0.3, 0.4) is 0 Å². The third kappa shape index (κ3) is 2.64. The lowest BCUT2D eigenvalue weighted by Gasteiger charge is -2.43. The highest BCUT2D eigenvalue weighted by Crippen LogP contribution is 2.46. The van der Waals surface area contributed by atoms with Gasteiger partial charge in [-0.3, -0.25) is 4.79 Å². The Balaban J connectivity index is 1.78. The summed E-state index contributed by atoms with van der Waals surface area (Å²) in [5.74, 6) is 0.162. The fourth-order valence-electron chi connectivity index (χ4n) is 4.10. The van der Waals surface area contributed by atoms with Crippen LogP contribution in [0.1, 0.15) is 42.5 Å². The number of hydrogen-bond acceptors (Lipinski definition) is 3. The monoisotopic (exact) mass is 289 g/mol. The maximum Gasteiger partial charge on any atom is 0.254 e. The SMILES string of the molecule is CO[C@@H]1CCC[C@@]12CCCN(C(=O)c1cccc(O)c1)C2. The first-order valence-corrected chi connectivity index (χ1v) is 7.76. The number of ether oxygens (including phenoxy) is 1. The maximum atomic E-state index is 12.7. The Morgan fingerprint density at radius 1 is 1.38 bits per heavy atom. The summed E-state index contributed by atoms with van der Waals surface area (Å²) in [6.07, 6.45) is 5.89. The summed E-state index contributed by atoms with van der Waals surface area (Å²) in [5.41, 5.74) is 0.707. The van der Waals surface area contributed by atoms with Crippen molar-refractivity contribution in [1.82, 2.24) is 4.90 Å². The van der Waals surface area contributed by atoms with Crippen molar-refractivity contribution < 1.29 is 14.6 Å². The van der Waals surface area contributed by atoms with Crippen LogP contribution in [0.2, 0.25) is 0 Å². The van der Waals surface area contributed by atoms with Gasteiger partial charge in [-0.25, -0.2) is 0 Å². The lowest BCUT2D eigenvalue weighted by atomic mass is 9.76. The number of rotatable bonds is 2. The van der Waals surface area contributed by atoms with Crippen molar-refractivity contribution in [2.24, 2.45) is 5.41 Å². The number of phenols is 1. The van der Waals surface area contributed by atoms with Crippen LogP contribution in [-0.4, -0.2) is 42.2 Å². The Morgan fingerprint density at radius 3 is 2.95 bits per heavy atom. The van der Waals surface area contributed by atoms with E-state index in [1.165, 1.54) is 6.42 Å². The number of aromatic hydroxyl groups is 1. The zero-order chi connectivity index (χ0) is 14.9. The molecule has 1 saturated heterocycles. The van der Waals surface area contributed by atoms with Crippen LogP contribution in [0.15, 0.2) is 24.3 Å². The van der Waals surface area contributed by atoms with Gasteiger partial charge < -0.3 is 14.7 Å². The molecule has 1 aliphatic carbocycles. The molecule has 0 aromatic heterocycles. The Kier molecular flexibility index (Phi) is 3.89. The normalized spacial score (nSPS) is 29.0. The minimum Gasteiger partial charge on any atom is -0.508 e. The van der Waals surface area contributed by atoms with Crippen molar-refractivity contribution >= 4 is 5.91 Å². The van der Waals surface area contributed by atoms with Crippen molar-refractivity contribution in [1.29, 1.82) is 0 Å². The molecule has 0 unspecified atom stereocenters. The van der Waals surface area contributed by atoms with Crippen LogP contribution in [0.25, 0.3) is 0 Å². The smallest absolute Gasteiger partial charge is 0.254 e. The molecule has 4 heteroatoms. The van der Waals surface area contributed by atoms with Gasteiger partial charge in [0.1, 0.15) is 5.75 Å². The van der Waals surface area contributed by atoms with Crippen LogP contribution in [-0.2, 0) is 4.74 Å². The highest BCUT2D eigenvalue weighted by Gasteiger charge is 2.46. The third-order valence-corrected chi connectivity index (χ3v) is 5.10. The average molecular weight is 289 g/mol. The lowest BCUT2D eigenvalue weighted by molar-refractivity contribution is -0.0295. The lowest BCUT2D eigenvalue weighted by Crippen LogP contribution is -2.49. The average Bonchev–Trinajstić information content (AvgIpc) is 2.88. The van der Waals surface area contributed by atoms with Crippen molar-refractivity contribution in [3.05, 3.63) is 29.8 Å². The van der Waals surface area contributed by atoms with Crippen molar-refractivity contribution in [2.45, 2.75) is 38.2 Å². The van der Waals surface area contributed by atoms with Gasteiger partial charge in [-0.2, -0.15) is 0 Å². The molecule has 1 heterocycles. The fourth-order valence-corrected chi connectivity index (χ4v) is 4.10. The molecule has 21 heavy (non-hydrogen) atoms. The largest absolute Gasteiger partial charge is 0.508 e. The van der Waals surface area contributed by atoms with E-state index < -0.39 is 0 Å². The number of phenolic OH excluding ortho intramolecular Hbond substituents is 1. The number of amides is 1. The Hall–Kier alpha value is -1.55. The predicted molar refractivity (Wildman–Crippen MR) is 80.3 cm³/mol. The van der Waals surface area contributed by atoms with Gasteiger partial charge in [0.15, 0.2) is 0 Å². The van der Waals surface area contributed by atoms with Crippen molar-refractivity contribution in [2.75, 3.05) is 20.2 Å². The van der Waals surface area contributed by atoms with Gasteiger partial charge in [-0.05, 0) is 43.9 Å². The van der Waals surface area contributed by atoms with Gasteiger partial charge >= 0.3 is 0 Å². The zero-order valence-electron chi connectivity index (χ0n) is 12.5. The first kappa shape index (κ1) is 14.4. The van der Waals surface area contributed by atoms with Crippen LogP contribution in [0.4, 0.5) is 0 Å². The standard InChI is InChI=1S/C17H23NO3/c1-21-15-7-3-8-17(15)9-4-10-18(12-17)16(20)13-5-2-6-14(19)11-13/h2,5-6,11,15,19H,3-4,7-10,12H2,1H3/t15-,17+/m1/s1. The van der Waals surface area contributed by atoms with E-state index in [0.717, 1.165) is 38.8 Å². The molecule has 1 aliphatic heterocycles. The number of benzene rings is 1. The Bertz CT molecular complexity index is 531. The molecule has 4 nitrogen and oxygen atoms in total. The summed E-state index contributed by atoms with van der Waals surface area (Å²) in [6.45, 7) is 1.58. The minimum absolute atomic E-state index is 0.0201. The summed E-state index contributed by atoms with van der Waals surface area (Å²) >= 11 is 0. The maximum absolute atomic E-state index is 12.7. The van der Waals surface area contributed by atoms with Crippen LogP contribution in [0, 0.1) is 5.41 Å². The van der Waals surface area contributed by atoms with Gasteiger partial charge in [0.25, 0.3) is 5.91 Å². The minimum atomic E-state index is 0.0201. The molecule has 0 bridgehead atoms. The van der Waals surface area contributed by atoms with E-state index in [1.54, 1.807) is 31.4 Å². The zero-order valence-corrected chi connectivity index (χ0v) is 12.5. The fraction of sp³-hybridized carbons (Fsp3) is 0.588. The van der Waals surface area contributed by atoms with Crippen molar-refractivity contribution in [3.8, 4) is 5.75 Å². The quantitative estimate of drug-likeness (QED) is 0.911. The Labute approximate surface area is 125 Å². The van der Waals surface area contributed by atoms with Gasteiger partial charge in [0.05, 0.1) is 6.10 Å². The summed E-state index contributed by atoms with van der Waals surface area (Å²) in [6, 6.07) is 6.63. The number of methoxy groups -OCH3 is 1. The summed E-state index contributed by atoms with van der Waals surface area (Å²) < 4.78 is 5.68. The predicted octanol–water partition coefficient (Wildman–Crippen LogP) is 2.81. The van der Waals surface area contributed by atoms with Gasteiger partial charge in [0.2, 0.25) is 0 Å². The number of carbonyl (C=O) groups is 1. The highest BCUT2D eigenvalue weighted by atomic mass is 16.5. The molecule has 1 N–H and O–H groups in total. The van der Waals surface area contributed by atoms with Crippen LogP contribution < -0.4 is 0 Å². The second kappa shape index (κ2) is 5.68. The molecule has 2 atom stereocenters. The molecule has 1 amide bonds. The van der Waals surface area contributed by atoms with Gasteiger partial charge in [-0.1, -0.05) is 12.5 Å². The number of hydrogen-bond donors (Lipinski definition) is 1. The molecular formula is C17H23NO3. The van der Waals surface area contributed by atoms with Gasteiger partial charge in [-0.15, -0.1) is 0 Å². The second-order valence-corrected chi connectivity index (χ2v) is 6.36. The van der Waals surface area contributed by atoms with Crippen molar-refractivity contribution in [3.63, 3.8) is 0 Å². The molecule has 3 rings (SSSR count). The van der Waals surface area contributed by atoms with E-state index in [9.17, 15) is 9.90 Å². The third-order valence-electron chi connectivity index (χ3n) is 5.10. The van der Waals surface area contributed by atoms with E-state index in [4.69, 9.17) is 4.74 Å². The summed E-state index contributed by atoms with van der Waals surface area (Å²) in [4.78, 5) is 14.6. The highest BCUT2D eigenvalue weighted by molar-refractivity contribution is 5.94. The van der Waals surface area contributed by atoms with E-state index in [0.29, 0.717) is 5.56 Å². The molecule has 2 fully saturated rings.